The zero-order chi connectivity index (χ0) is 14.8. The van der Waals surface area contributed by atoms with Gasteiger partial charge in [-0.15, -0.1) is 0 Å². The summed E-state index contributed by atoms with van der Waals surface area (Å²) in [4.78, 5) is 28.2. The average Bonchev–Trinajstić information content (AvgIpc) is 3.18. The van der Waals surface area contributed by atoms with E-state index < -0.39 is 0 Å². The molecule has 1 atom stereocenters. The summed E-state index contributed by atoms with van der Waals surface area (Å²) in [6.45, 7) is 1.99. The molecule has 0 spiro atoms. The zero-order valence-electron chi connectivity index (χ0n) is 11.8. The van der Waals surface area contributed by atoms with Crippen LogP contribution in [0.4, 0.5) is 5.69 Å². The number of anilines is 1. The Labute approximate surface area is 127 Å². The number of benzene rings is 1. The van der Waals surface area contributed by atoms with Gasteiger partial charge in [0.15, 0.2) is 5.17 Å². The highest BCUT2D eigenvalue weighted by Crippen LogP contribution is 2.29. The van der Waals surface area contributed by atoms with Crippen molar-refractivity contribution >= 4 is 34.4 Å². The molecule has 5 nitrogen and oxygen atoms in total. The van der Waals surface area contributed by atoms with E-state index in [1.54, 1.807) is 0 Å². The van der Waals surface area contributed by atoms with Crippen LogP contribution >= 0.6 is 11.8 Å². The Hall–Kier alpha value is -1.82. The van der Waals surface area contributed by atoms with Gasteiger partial charge in [-0.3, -0.25) is 14.6 Å². The molecule has 6 heteroatoms. The lowest BCUT2D eigenvalue weighted by Crippen LogP contribution is -2.28. The highest BCUT2D eigenvalue weighted by molar-refractivity contribution is 8.15. The fourth-order valence-corrected chi connectivity index (χ4v) is 3.03. The molecule has 2 N–H and O–H groups in total. The van der Waals surface area contributed by atoms with Gasteiger partial charge >= 0.3 is 0 Å². The number of aliphatic imine (C=N–C) groups is 1. The summed E-state index contributed by atoms with van der Waals surface area (Å²) in [6, 6.07) is 7.96. The molecule has 3 rings (SSSR count). The van der Waals surface area contributed by atoms with Gasteiger partial charge in [-0.2, -0.15) is 0 Å². The molecule has 1 aliphatic carbocycles. The van der Waals surface area contributed by atoms with Crippen molar-refractivity contribution in [1.82, 2.24) is 5.32 Å². The molecule has 110 valence electrons. The third-order valence-corrected chi connectivity index (χ3v) is 4.43. The van der Waals surface area contributed by atoms with Crippen molar-refractivity contribution in [2.75, 3.05) is 5.32 Å². The third-order valence-electron chi connectivity index (χ3n) is 3.33. The quantitative estimate of drug-likeness (QED) is 0.894. The minimum absolute atomic E-state index is 0.126. The molecule has 1 saturated heterocycles. The lowest BCUT2D eigenvalue weighted by atomic mass is 10.2. The van der Waals surface area contributed by atoms with Crippen LogP contribution < -0.4 is 10.6 Å². The summed E-state index contributed by atoms with van der Waals surface area (Å²) in [5, 5.41) is 5.84. The van der Waals surface area contributed by atoms with Gasteiger partial charge in [0.1, 0.15) is 5.25 Å². The molecular formula is C15H17N3O2S. The van der Waals surface area contributed by atoms with Gasteiger partial charge in [-0.1, -0.05) is 29.5 Å². The number of hydrogen-bond donors (Lipinski definition) is 2. The van der Waals surface area contributed by atoms with Gasteiger partial charge in [0.05, 0.1) is 6.04 Å². The van der Waals surface area contributed by atoms with Crippen molar-refractivity contribution in [2.45, 2.75) is 37.5 Å². The molecule has 1 aliphatic heterocycles. The second-order valence-corrected chi connectivity index (χ2v) is 6.57. The summed E-state index contributed by atoms with van der Waals surface area (Å²) >= 11 is 1.36. The van der Waals surface area contributed by atoms with Gasteiger partial charge in [0.2, 0.25) is 11.8 Å². The standard InChI is InChI=1S/C15H17N3O2S/c1-9-2-4-10(5-3-9)16-13(19)8-12-14(20)18-15(21-12)17-11-6-7-11/h2-5,11-12H,6-8H2,1H3,(H,16,19)(H,17,18,20)/t12-/m0/s1. The van der Waals surface area contributed by atoms with Crippen molar-refractivity contribution in [3.8, 4) is 0 Å². The largest absolute Gasteiger partial charge is 0.326 e. The van der Waals surface area contributed by atoms with Crippen molar-refractivity contribution < 1.29 is 9.59 Å². The Morgan fingerprint density at radius 3 is 2.76 bits per heavy atom. The van der Waals surface area contributed by atoms with Crippen molar-refractivity contribution in [3.63, 3.8) is 0 Å². The fraction of sp³-hybridized carbons (Fsp3) is 0.400. The van der Waals surface area contributed by atoms with Crippen molar-refractivity contribution in [1.29, 1.82) is 0 Å². The molecule has 0 radical (unpaired) electrons. The summed E-state index contributed by atoms with van der Waals surface area (Å²) in [5.74, 6) is -0.280. The Bertz CT molecular complexity index is 593. The minimum atomic E-state index is -0.382. The van der Waals surface area contributed by atoms with E-state index in [2.05, 4.69) is 15.6 Å². The lowest BCUT2D eigenvalue weighted by Gasteiger charge is -2.07. The monoisotopic (exact) mass is 303 g/mol. The van der Waals surface area contributed by atoms with E-state index in [1.165, 1.54) is 11.8 Å². The normalized spacial score (nSPS) is 23.2. The number of thioether (sulfide) groups is 1. The molecule has 1 heterocycles. The molecule has 2 amide bonds. The first-order valence-electron chi connectivity index (χ1n) is 7.02. The summed E-state index contributed by atoms with van der Waals surface area (Å²) in [7, 11) is 0. The maximum absolute atomic E-state index is 12.0. The van der Waals surface area contributed by atoms with Crippen LogP contribution in [0.1, 0.15) is 24.8 Å². The summed E-state index contributed by atoms with van der Waals surface area (Å²) in [6.07, 6.45) is 2.35. The number of carbonyl (C=O) groups is 2. The van der Waals surface area contributed by atoms with Gasteiger partial charge in [0, 0.05) is 12.1 Å². The smallest absolute Gasteiger partial charge is 0.240 e. The van der Waals surface area contributed by atoms with Crippen LogP contribution in [0.25, 0.3) is 0 Å². The first-order chi connectivity index (χ1) is 10.1. The molecule has 0 unspecified atom stereocenters. The van der Waals surface area contributed by atoms with E-state index in [1.807, 2.05) is 31.2 Å². The van der Waals surface area contributed by atoms with Crippen LogP contribution in [0.5, 0.6) is 0 Å². The predicted molar refractivity (Wildman–Crippen MR) is 84.4 cm³/mol. The van der Waals surface area contributed by atoms with Crippen LogP contribution in [0.3, 0.4) is 0 Å². The Morgan fingerprint density at radius 2 is 2.10 bits per heavy atom. The third kappa shape index (κ3) is 3.85. The van der Waals surface area contributed by atoms with E-state index in [9.17, 15) is 9.59 Å². The molecule has 2 fully saturated rings. The number of amidine groups is 1. The number of amides is 2. The van der Waals surface area contributed by atoms with E-state index >= 15 is 0 Å². The molecule has 2 aliphatic rings. The number of carbonyl (C=O) groups excluding carboxylic acids is 2. The molecule has 1 saturated carbocycles. The molecule has 1 aromatic carbocycles. The topological polar surface area (TPSA) is 70.6 Å². The van der Waals surface area contributed by atoms with Crippen molar-refractivity contribution in [2.24, 2.45) is 4.99 Å². The molecule has 21 heavy (non-hydrogen) atoms. The van der Waals surface area contributed by atoms with Gasteiger partial charge in [0.25, 0.3) is 0 Å². The second-order valence-electron chi connectivity index (χ2n) is 5.38. The van der Waals surface area contributed by atoms with Crippen LogP contribution in [0.15, 0.2) is 29.3 Å². The highest BCUT2D eigenvalue weighted by atomic mass is 32.2. The van der Waals surface area contributed by atoms with Gasteiger partial charge in [-0.25, -0.2) is 0 Å². The van der Waals surface area contributed by atoms with Crippen LogP contribution in [0.2, 0.25) is 0 Å². The molecule has 1 aromatic rings. The maximum atomic E-state index is 12.0. The molecular weight excluding hydrogens is 286 g/mol. The number of hydrogen-bond acceptors (Lipinski definition) is 4. The number of rotatable bonds is 4. The zero-order valence-corrected chi connectivity index (χ0v) is 12.6. The SMILES string of the molecule is Cc1ccc(NC(=O)C[C@@H]2SC(=NC3CC3)NC2=O)cc1. The predicted octanol–water partition coefficient (Wildman–Crippen LogP) is 2.07. The first-order valence-corrected chi connectivity index (χ1v) is 7.90. The van der Waals surface area contributed by atoms with E-state index in [4.69, 9.17) is 0 Å². The van der Waals surface area contributed by atoms with Gasteiger partial charge < -0.3 is 10.6 Å². The maximum Gasteiger partial charge on any atom is 0.240 e. The van der Waals surface area contributed by atoms with Crippen molar-refractivity contribution in [3.05, 3.63) is 29.8 Å². The number of nitrogens with one attached hydrogen (secondary N) is 2. The Balaban J connectivity index is 1.54. The minimum Gasteiger partial charge on any atom is -0.326 e. The van der Waals surface area contributed by atoms with Crippen LogP contribution in [0, 0.1) is 6.92 Å². The number of nitrogens with zero attached hydrogens (tertiary/aromatic N) is 1. The van der Waals surface area contributed by atoms with E-state index in [0.717, 1.165) is 24.1 Å². The Kier molecular flexibility index (Phi) is 3.96. The average molecular weight is 303 g/mol. The van der Waals surface area contributed by atoms with Crippen LogP contribution in [-0.2, 0) is 9.59 Å². The fourth-order valence-electron chi connectivity index (χ4n) is 1.99. The summed E-state index contributed by atoms with van der Waals surface area (Å²) in [5.41, 5.74) is 1.89. The van der Waals surface area contributed by atoms with E-state index in [0.29, 0.717) is 11.2 Å². The molecule has 0 aromatic heterocycles. The number of aryl methyl sites for hydroxylation is 1. The highest BCUT2D eigenvalue weighted by Gasteiger charge is 2.33. The second kappa shape index (κ2) is 5.89. The molecule has 0 bridgehead atoms. The summed E-state index contributed by atoms with van der Waals surface area (Å²) < 4.78 is 0. The first kappa shape index (κ1) is 14.1. The van der Waals surface area contributed by atoms with Gasteiger partial charge in [-0.05, 0) is 31.9 Å². The van der Waals surface area contributed by atoms with E-state index in [-0.39, 0.29) is 23.5 Å². The Morgan fingerprint density at radius 1 is 1.38 bits per heavy atom. The lowest BCUT2D eigenvalue weighted by molar-refractivity contribution is -0.122. The van der Waals surface area contributed by atoms with Crippen LogP contribution in [-0.4, -0.2) is 28.3 Å².